The summed E-state index contributed by atoms with van der Waals surface area (Å²) in [5.74, 6) is 0. The third kappa shape index (κ3) is 3.43. The maximum atomic E-state index is 5.21. The minimum absolute atomic E-state index is 0.0739. The Balaban J connectivity index is 2.48. The minimum atomic E-state index is -0.0739. The summed E-state index contributed by atoms with van der Waals surface area (Å²) < 4.78 is 10.4. The summed E-state index contributed by atoms with van der Waals surface area (Å²) in [6, 6.07) is 0. The van der Waals surface area contributed by atoms with Crippen LogP contribution in [0.5, 0.6) is 0 Å². The molecule has 0 saturated heterocycles. The molecule has 1 aliphatic carbocycles. The third-order valence-corrected chi connectivity index (χ3v) is 2.91. The van der Waals surface area contributed by atoms with Crippen LogP contribution in [0, 0.1) is 5.41 Å². The largest absolute Gasteiger partial charge is 0.356 e. The molecule has 0 aromatic heterocycles. The second-order valence-corrected chi connectivity index (χ2v) is 4.85. The molecule has 0 atom stereocenters. The number of rotatable bonds is 4. The molecule has 0 N–H and O–H groups in total. The molecule has 1 aliphatic rings. The predicted octanol–water partition coefficient (Wildman–Crippen LogP) is 3.13. The monoisotopic (exact) mass is 198 g/mol. The van der Waals surface area contributed by atoms with E-state index in [0.717, 1.165) is 6.42 Å². The standard InChI is InChI=1S/C12H22O2/c1-12(2)7-5-6-10(9-12)8-11(13-3)14-4/h6,11H,5,7-9H2,1-4H3. The van der Waals surface area contributed by atoms with Crippen LogP contribution in [-0.4, -0.2) is 20.5 Å². The predicted molar refractivity (Wildman–Crippen MR) is 58.1 cm³/mol. The third-order valence-electron chi connectivity index (χ3n) is 2.91. The highest BCUT2D eigenvalue weighted by Crippen LogP contribution is 2.36. The summed E-state index contributed by atoms with van der Waals surface area (Å²) in [5.41, 5.74) is 1.94. The number of hydrogen-bond donors (Lipinski definition) is 0. The van der Waals surface area contributed by atoms with Crippen LogP contribution in [0.3, 0.4) is 0 Å². The Morgan fingerprint density at radius 1 is 1.36 bits per heavy atom. The van der Waals surface area contributed by atoms with E-state index < -0.39 is 0 Å². The number of methoxy groups -OCH3 is 2. The van der Waals surface area contributed by atoms with E-state index in [1.165, 1.54) is 24.8 Å². The van der Waals surface area contributed by atoms with Gasteiger partial charge in [-0.1, -0.05) is 25.5 Å². The lowest BCUT2D eigenvalue weighted by Crippen LogP contribution is -2.20. The van der Waals surface area contributed by atoms with E-state index in [-0.39, 0.29) is 6.29 Å². The highest BCUT2D eigenvalue weighted by molar-refractivity contribution is 5.09. The summed E-state index contributed by atoms with van der Waals surface area (Å²) in [5, 5.41) is 0. The fraction of sp³-hybridized carbons (Fsp3) is 0.833. The first-order valence-electron chi connectivity index (χ1n) is 5.31. The van der Waals surface area contributed by atoms with Crippen molar-refractivity contribution in [2.75, 3.05) is 14.2 Å². The second kappa shape index (κ2) is 4.94. The number of hydrogen-bond acceptors (Lipinski definition) is 2. The Morgan fingerprint density at radius 3 is 2.50 bits per heavy atom. The maximum absolute atomic E-state index is 5.21. The summed E-state index contributed by atoms with van der Waals surface area (Å²) >= 11 is 0. The first-order chi connectivity index (χ1) is 6.57. The van der Waals surface area contributed by atoms with Crippen molar-refractivity contribution in [1.82, 2.24) is 0 Å². The lowest BCUT2D eigenvalue weighted by Gasteiger charge is -2.30. The Morgan fingerprint density at radius 2 is 2.00 bits per heavy atom. The van der Waals surface area contributed by atoms with Gasteiger partial charge in [0.05, 0.1) is 0 Å². The maximum Gasteiger partial charge on any atom is 0.160 e. The molecule has 82 valence electrons. The van der Waals surface area contributed by atoms with Gasteiger partial charge >= 0.3 is 0 Å². The van der Waals surface area contributed by atoms with Gasteiger partial charge in [-0.3, -0.25) is 0 Å². The first-order valence-corrected chi connectivity index (χ1v) is 5.31. The smallest absolute Gasteiger partial charge is 0.160 e. The molecule has 0 aromatic rings. The van der Waals surface area contributed by atoms with Crippen molar-refractivity contribution in [3.05, 3.63) is 11.6 Å². The van der Waals surface area contributed by atoms with Gasteiger partial charge in [0.1, 0.15) is 0 Å². The van der Waals surface area contributed by atoms with Crippen molar-refractivity contribution in [3.63, 3.8) is 0 Å². The Bertz CT molecular complexity index is 202. The van der Waals surface area contributed by atoms with Gasteiger partial charge in [-0.15, -0.1) is 0 Å². The summed E-state index contributed by atoms with van der Waals surface area (Å²) in [4.78, 5) is 0. The molecule has 0 fully saturated rings. The summed E-state index contributed by atoms with van der Waals surface area (Å²) in [7, 11) is 3.39. The summed E-state index contributed by atoms with van der Waals surface area (Å²) in [6.07, 6.45) is 6.85. The van der Waals surface area contributed by atoms with E-state index in [1.807, 2.05) is 0 Å². The lowest BCUT2D eigenvalue weighted by atomic mass is 9.76. The van der Waals surface area contributed by atoms with E-state index in [4.69, 9.17) is 9.47 Å². The van der Waals surface area contributed by atoms with Gasteiger partial charge in [0.2, 0.25) is 0 Å². The Hall–Kier alpha value is -0.340. The average molecular weight is 198 g/mol. The van der Waals surface area contributed by atoms with Crippen molar-refractivity contribution in [2.24, 2.45) is 5.41 Å². The molecule has 1 rings (SSSR count). The van der Waals surface area contributed by atoms with E-state index in [0.29, 0.717) is 5.41 Å². The average Bonchev–Trinajstić information content (AvgIpc) is 2.12. The zero-order valence-corrected chi connectivity index (χ0v) is 9.80. The van der Waals surface area contributed by atoms with Gasteiger partial charge in [-0.25, -0.2) is 0 Å². The highest BCUT2D eigenvalue weighted by Gasteiger charge is 2.23. The van der Waals surface area contributed by atoms with Crippen LogP contribution < -0.4 is 0 Å². The van der Waals surface area contributed by atoms with Crippen LogP contribution in [0.25, 0.3) is 0 Å². The van der Waals surface area contributed by atoms with Crippen molar-refractivity contribution in [1.29, 1.82) is 0 Å². The normalized spacial score (nSPS) is 21.1. The Labute approximate surface area is 87.3 Å². The zero-order valence-electron chi connectivity index (χ0n) is 9.80. The van der Waals surface area contributed by atoms with Gasteiger partial charge in [0.25, 0.3) is 0 Å². The molecule has 0 heterocycles. The van der Waals surface area contributed by atoms with E-state index in [2.05, 4.69) is 19.9 Å². The van der Waals surface area contributed by atoms with Crippen LogP contribution in [0.4, 0.5) is 0 Å². The Kier molecular flexibility index (Phi) is 4.14. The van der Waals surface area contributed by atoms with Crippen molar-refractivity contribution < 1.29 is 9.47 Å². The van der Waals surface area contributed by atoms with Crippen molar-refractivity contribution >= 4 is 0 Å². The lowest BCUT2D eigenvalue weighted by molar-refractivity contribution is -0.101. The highest BCUT2D eigenvalue weighted by atomic mass is 16.7. The second-order valence-electron chi connectivity index (χ2n) is 4.85. The van der Waals surface area contributed by atoms with Gasteiger partial charge in [0, 0.05) is 20.6 Å². The molecular formula is C12H22O2. The van der Waals surface area contributed by atoms with Crippen LogP contribution in [0.15, 0.2) is 11.6 Å². The van der Waals surface area contributed by atoms with Crippen LogP contribution in [0.2, 0.25) is 0 Å². The van der Waals surface area contributed by atoms with Gasteiger partial charge < -0.3 is 9.47 Å². The summed E-state index contributed by atoms with van der Waals surface area (Å²) in [6.45, 7) is 4.66. The molecule has 2 heteroatoms. The number of allylic oxidation sites excluding steroid dienone is 1. The molecule has 0 unspecified atom stereocenters. The molecule has 0 amide bonds. The van der Waals surface area contributed by atoms with Crippen molar-refractivity contribution in [3.8, 4) is 0 Å². The SMILES string of the molecule is COC(CC1=CCCC(C)(C)C1)OC. The topological polar surface area (TPSA) is 18.5 Å². The minimum Gasteiger partial charge on any atom is -0.356 e. The van der Waals surface area contributed by atoms with E-state index in [1.54, 1.807) is 14.2 Å². The zero-order chi connectivity index (χ0) is 10.6. The van der Waals surface area contributed by atoms with Crippen LogP contribution >= 0.6 is 0 Å². The molecule has 0 radical (unpaired) electrons. The molecule has 2 nitrogen and oxygen atoms in total. The quantitative estimate of drug-likeness (QED) is 0.510. The number of ether oxygens (including phenoxy) is 2. The molecular weight excluding hydrogens is 176 g/mol. The van der Waals surface area contributed by atoms with Crippen molar-refractivity contribution in [2.45, 2.75) is 45.8 Å². The molecule has 0 aromatic carbocycles. The first kappa shape index (κ1) is 11.7. The van der Waals surface area contributed by atoms with Gasteiger partial charge in [-0.2, -0.15) is 0 Å². The molecule has 14 heavy (non-hydrogen) atoms. The van der Waals surface area contributed by atoms with E-state index >= 15 is 0 Å². The van der Waals surface area contributed by atoms with Crippen LogP contribution in [0.1, 0.15) is 39.5 Å². The fourth-order valence-electron chi connectivity index (χ4n) is 2.07. The fourth-order valence-corrected chi connectivity index (χ4v) is 2.07. The molecule has 0 aliphatic heterocycles. The molecule has 0 saturated carbocycles. The molecule has 0 spiro atoms. The van der Waals surface area contributed by atoms with Gasteiger partial charge in [-0.05, 0) is 24.7 Å². The van der Waals surface area contributed by atoms with Gasteiger partial charge in [0.15, 0.2) is 6.29 Å². The van der Waals surface area contributed by atoms with Crippen LogP contribution in [-0.2, 0) is 9.47 Å². The molecule has 0 bridgehead atoms. The van der Waals surface area contributed by atoms with E-state index in [9.17, 15) is 0 Å².